The third kappa shape index (κ3) is 1.13. The maximum Gasteiger partial charge on any atom is 0.201 e. The van der Waals surface area contributed by atoms with Crippen LogP contribution in [0.4, 0.5) is 0 Å². The molecule has 0 spiro atoms. The average molecular weight is 222 g/mol. The van der Waals surface area contributed by atoms with Crippen molar-refractivity contribution in [3.8, 4) is 0 Å². The van der Waals surface area contributed by atoms with Crippen molar-refractivity contribution in [3.63, 3.8) is 0 Å². The molecule has 2 heterocycles. The van der Waals surface area contributed by atoms with Gasteiger partial charge in [-0.1, -0.05) is 0 Å². The molecule has 0 N–H and O–H groups in total. The monoisotopic (exact) mass is 222 g/mol. The molecule has 0 bridgehead atoms. The number of nitrogens with zero attached hydrogens (tertiary/aromatic N) is 2. The Morgan fingerprint density at radius 1 is 1.43 bits per heavy atom. The van der Waals surface area contributed by atoms with Gasteiger partial charge in [-0.2, -0.15) is 0 Å². The van der Waals surface area contributed by atoms with Crippen molar-refractivity contribution in [2.24, 2.45) is 9.39 Å². The van der Waals surface area contributed by atoms with Crippen LogP contribution in [0.25, 0.3) is 6.08 Å². The van der Waals surface area contributed by atoms with Gasteiger partial charge in [-0.15, -0.1) is 0 Å². The lowest BCUT2D eigenvalue weighted by Gasteiger charge is -2.04. The Bertz CT molecular complexity index is 538. The second-order valence-electron chi connectivity index (χ2n) is 2.97. The molecular formula is C9H6N2OS2. The third-order valence-electron chi connectivity index (χ3n) is 2.18. The topological polar surface area (TPSA) is 47.8 Å². The first-order valence-electron chi connectivity index (χ1n) is 4.13. The van der Waals surface area contributed by atoms with Gasteiger partial charge in [0.05, 0.1) is 0 Å². The Morgan fingerprint density at radius 3 is 3.29 bits per heavy atom. The minimum atomic E-state index is -0.936. The second kappa shape index (κ2) is 3.12. The minimum Gasteiger partial charge on any atom is -0.610 e. The van der Waals surface area contributed by atoms with Gasteiger partial charge in [0.25, 0.3) is 0 Å². The maximum absolute atomic E-state index is 11.5. The zero-order valence-electron chi connectivity index (χ0n) is 7.14. The van der Waals surface area contributed by atoms with Crippen molar-refractivity contribution in [1.29, 1.82) is 0 Å². The van der Waals surface area contributed by atoms with E-state index in [-0.39, 0.29) is 0 Å². The highest BCUT2D eigenvalue weighted by Gasteiger charge is 2.21. The standard InChI is InChI=1S/C9H6N2OS2/c12-14-5-10-9-6-3-4-11-13-7(6)1-2-8(9)14/h1-4H,5H2. The largest absolute Gasteiger partial charge is 0.610 e. The first-order valence-corrected chi connectivity index (χ1v) is 6.22. The van der Waals surface area contributed by atoms with Gasteiger partial charge in [0.2, 0.25) is 5.88 Å². The average Bonchev–Trinajstić information content (AvgIpc) is 2.61. The van der Waals surface area contributed by atoms with Crippen molar-refractivity contribution in [1.82, 2.24) is 0 Å². The second-order valence-corrected chi connectivity index (χ2v) is 5.19. The van der Waals surface area contributed by atoms with E-state index in [9.17, 15) is 4.55 Å². The number of hydrogen-bond acceptors (Lipinski definition) is 4. The summed E-state index contributed by atoms with van der Waals surface area (Å²) in [6, 6.07) is 3.85. The Hall–Kier alpha value is -0.780. The van der Waals surface area contributed by atoms with Crippen molar-refractivity contribution in [2.75, 3.05) is 5.88 Å². The van der Waals surface area contributed by atoms with Crippen LogP contribution >= 0.6 is 11.9 Å². The summed E-state index contributed by atoms with van der Waals surface area (Å²) >= 11 is 0.499. The Balaban J connectivity index is 2.42. The third-order valence-corrected chi connectivity index (χ3v) is 4.14. The van der Waals surface area contributed by atoms with Crippen LogP contribution in [0.5, 0.6) is 0 Å². The van der Waals surface area contributed by atoms with E-state index in [4.69, 9.17) is 0 Å². The zero-order valence-corrected chi connectivity index (χ0v) is 8.77. The molecule has 5 heteroatoms. The molecule has 0 amide bonds. The SMILES string of the molecule is [O-][S+]1CN=c2c1ccc1c2=CC=NS1. The van der Waals surface area contributed by atoms with Crippen LogP contribution in [0, 0.1) is 0 Å². The smallest absolute Gasteiger partial charge is 0.201 e. The summed E-state index contributed by atoms with van der Waals surface area (Å²) in [6.07, 6.45) is 3.68. The van der Waals surface area contributed by atoms with Gasteiger partial charge in [-0.3, -0.25) is 0 Å². The van der Waals surface area contributed by atoms with E-state index in [1.54, 1.807) is 6.21 Å². The van der Waals surface area contributed by atoms with Crippen LogP contribution in [0.1, 0.15) is 0 Å². The normalized spacial score (nSPS) is 22.2. The van der Waals surface area contributed by atoms with Gasteiger partial charge in [-0.25, -0.2) is 9.39 Å². The lowest BCUT2D eigenvalue weighted by Crippen LogP contribution is -2.29. The van der Waals surface area contributed by atoms with Crippen LogP contribution in [-0.4, -0.2) is 16.6 Å². The Kier molecular flexibility index (Phi) is 1.90. The van der Waals surface area contributed by atoms with E-state index < -0.39 is 11.2 Å². The predicted octanol–water partition coefficient (Wildman–Crippen LogP) is 0.257. The van der Waals surface area contributed by atoms with E-state index in [0.29, 0.717) is 5.88 Å². The predicted molar refractivity (Wildman–Crippen MR) is 57.3 cm³/mol. The molecule has 0 aliphatic carbocycles. The number of fused-ring (bicyclic) bond motifs is 3. The molecule has 1 unspecified atom stereocenters. The summed E-state index contributed by atoms with van der Waals surface area (Å²) in [5, 5.41) is 1.95. The summed E-state index contributed by atoms with van der Waals surface area (Å²) in [5.74, 6) is 0.404. The van der Waals surface area contributed by atoms with E-state index in [0.717, 1.165) is 20.4 Å². The van der Waals surface area contributed by atoms with Gasteiger partial charge in [0, 0.05) is 39.5 Å². The van der Waals surface area contributed by atoms with Crippen molar-refractivity contribution < 1.29 is 4.55 Å². The van der Waals surface area contributed by atoms with Crippen molar-refractivity contribution in [3.05, 3.63) is 22.7 Å². The highest BCUT2D eigenvalue weighted by Crippen LogP contribution is 2.18. The number of hydrogen-bond donors (Lipinski definition) is 0. The lowest BCUT2D eigenvalue weighted by atomic mass is 10.2. The Labute approximate surface area is 88.0 Å². The van der Waals surface area contributed by atoms with Crippen molar-refractivity contribution in [2.45, 2.75) is 9.79 Å². The fourth-order valence-electron chi connectivity index (χ4n) is 1.54. The molecule has 1 aromatic rings. The van der Waals surface area contributed by atoms with Crippen LogP contribution in [0.15, 0.2) is 31.3 Å². The molecule has 0 aromatic heterocycles. The molecule has 0 fully saturated rings. The van der Waals surface area contributed by atoms with E-state index in [1.807, 2.05) is 18.2 Å². The zero-order chi connectivity index (χ0) is 9.54. The molecule has 0 radical (unpaired) electrons. The summed E-state index contributed by atoms with van der Waals surface area (Å²) in [6.45, 7) is 0. The van der Waals surface area contributed by atoms with E-state index in [1.165, 1.54) is 11.9 Å². The number of rotatable bonds is 0. The molecule has 3 nitrogen and oxygen atoms in total. The highest BCUT2D eigenvalue weighted by atomic mass is 32.2. The quantitative estimate of drug-likeness (QED) is 0.467. The lowest BCUT2D eigenvalue weighted by molar-refractivity contribution is 0.598. The Morgan fingerprint density at radius 2 is 2.36 bits per heavy atom. The van der Waals surface area contributed by atoms with Crippen LogP contribution < -0.4 is 10.6 Å². The fraction of sp³-hybridized carbons (Fsp3) is 0.111. The van der Waals surface area contributed by atoms with Crippen LogP contribution in [0.2, 0.25) is 0 Å². The first kappa shape index (κ1) is 8.52. The molecule has 0 saturated heterocycles. The van der Waals surface area contributed by atoms with E-state index in [2.05, 4.69) is 9.39 Å². The van der Waals surface area contributed by atoms with Crippen molar-refractivity contribution >= 4 is 35.4 Å². The first-order chi connectivity index (χ1) is 6.86. The van der Waals surface area contributed by atoms with Gasteiger partial charge in [0.1, 0.15) is 5.36 Å². The van der Waals surface area contributed by atoms with Gasteiger partial charge < -0.3 is 4.55 Å². The highest BCUT2D eigenvalue weighted by molar-refractivity contribution is 7.98. The molecule has 14 heavy (non-hydrogen) atoms. The fourth-order valence-corrected chi connectivity index (χ4v) is 3.16. The molecule has 3 rings (SSSR count). The maximum atomic E-state index is 11.5. The van der Waals surface area contributed by atoms with Gasteiger partial charge in [0.15, 0.2) is 4.90 Å². The molecule has 1 aromatic carbocycles. The molecule has 70 valence electrons. The summed E-state index contributed by atoms with van der Waals surface area (Å²) < 4.78 is 15.6. The molecule has 1 atom stereocenters. The summed E-state index contributed by atoms with van der Waals surface area (Å²) in [4.78, 5) is 6.24. The minimum absolute atomic E-state index is 0.404. The van der Waals surface area contributed by atoms with Gasteiger partial charge in [-0.05, 0) is 18.2 Å². The molecule has 0 saturated carbocycles. The summed E-state index contributed by atoms with van der Waals surface area (Å²) in [7, 11) is 0. The van der Waals surface area contributed by atoms with Crippen LogP contribution in [-0.2, 0) is 11.2 Å². The molecular weight excluding hydrogens is 216 g/mol. The number of benzene rings is 1. The van der Waals surface area contributed by atoms with E-state index >= 15 is 0 Å². The summed E-state index contributed by atoms with van der Waals surface area (Å²) in [5.41, 5.74) is 0. The van der Waals surface area contributed by atoms with Crippen LogP contribution in [0.3, 0.4) is 0 Å². The molecule has 2 aliphatic rings. The molecule has 2 aliphatic heterocycles. The van der Waals surface area contributed by atoms with Gasteiger partial charge >= 0.3 is 0 Å².